The van der Waals surface area contributed by atoms with Crippen LogP contribution in [0.1, 0.15) is 13.8 Å². The highest BCUT2D eigenvalue weighted by molar-refractivity contribution is 5.90. The zero-order valence-corrected chi connectivity index (χ0v) is 11.6. The first-order valence-electron chi connectivity index (χ1n) is 6.31. The number of nitrogens with one attached hydrogen (secondary N) is 2. The lowest BCUT2D eigenvalue weighted by atomic mass is 10.1. The van der Waals surface area contributed by atoms with Gasteiger partial charge in [-0.25, -0.2) is 4.79 Å². The molecule has 0 heterocycles. The van der Waals surface area contributed by atoms with Crippen molar-refractivity contribution in [2.75, 3.05) is 39.5 Å². The maximum atomic E-state index is 12.0. The second kappa shape index (κ2) is 10.9. The Morgan fingerprint density at radius 3 is 2.11 bits per heavy atom. The molecule has 0 unspecified atom stereocenters. The van der Waals surface area contributed by atoms with E-state index in [0.29, 0.717) is 18.7 Å². The van der Waals surface area contributed by atoms with Gasteiger partial charge in [0, 0.05) is 19.6 Å². The van der Waals surface area contributed by atoms with Crippen LogP contribution in [-0.4, -0.2) is 61.8 Å². The van der Waals surface area contributed by atoms with Crippen molar-refractivity contribution in [1.29, 1.82) is 0 Å². The normalized spacial score (nSPS) is 10.6. The fourth-order valence-corrected chi connectivity index (χ4v) is 1.53. The maximum absolute atomic E-state index is 12.0. The minimum absolute atomic E-state index is 0.0504. The van der Waals surface area contributed by atoms with Crippen LogP contribution in [0.4, 0.5) is 0 Å². The molecule has 0 aliphatic rings. The molecule has 0 bridgehead atoms. The third-order valence-electron chi connectivity index (χ3n) is 2.32. The first-order valence-corrected chi connectivity index (χ1v) is 6.31. The van der Waals surface area contributed by atoms with Crippen molar-refractivity contribution in [3.8, 4) is 0 Å². The third-order valence-corrected chi connectivity index (χ3v) is 2.32. The van der Waals surface area contributed by atoms with Crippen molar-refractivity contribution in [2.45, 2.75) is 20.0 Å². The molecule has 7 heteroatoms. The first-order chi connectivity index (χ1) is 9.08. The lowest BCUT2D eigenvalue weighted by Gasteiger charge is -2.23. The van der Waals surface area contributed by atoms with E-state index in [4.69, 9.17) is 20.7 Å². The summed E-state index contributed by atoms with van der Waals surface area (Å²) >= 11 is 0. The van der Waals surface area contributed by atoms with E-state index >= 15 is 0 Å². The van der Waals surface area contributed by atoms with Crippen molar-refractivity contribution in [3.05, 3.63) is 11.1 Å². The van der Waals surface area contributed by atoms with Crippen LogP contribution in [0, 0.1) is 0 Å². The number of esters is 1. The number of hydrogen-bond donors (Lipinski definition) is 5. The molecule has 0 saturated heterocycles. The van der Waals surface area contributed by atoms with Crippen LogP contribution in [0.5, 0.6) is 0 Å². The number of aliphatic hydroxyl groups is 2. The summed E-state index contributed by atoms with van der Waals surface area (Å²) < 4.78 is 5.03. The molecule has 0 saturated carbocycles. The van der Waals surface area contributed by atoms with Gasteiger partial charge in [0.05, 0.1) is 25.0 Å². The Hall–Kier alpha value is -0.990. The molecular weight excluding hydrogens is 250 g/mol. The molecule has 0 radical (unpaired) electrons. The van der Waals surface area contributed by atoms with Gasteiger partial charge in [-0.15, -0.1) is 0 Å². The van der Waals surface area contributed by atoms with Gasteiger partial charge in [0.25, 0.3) is 0 Å². The number of hydrogen-bond acceptors (Lipinski definition) is 7. The molecule has 0 rings (SSSR count). The number of carbonyl (C=O) groups excluding carboxylic acids is 1. The summed E-state index contributed by atoms with van der Waals surface area (Å²) in [7, 11) is 0. The molecule has 19 heavy (non-hydrogen) atoms. The Morgan fingerprint density at radius 1 is 1.21 bits per heavy atom. The summed E-state index contributed by atoms with van der Waals surface area (Å²) in [6.07, 6.45) is -0.477. The van der Waals surface area contributed by atoms with Crippen molar-refractivity contribution in [3.63, 3.8) is 0 Å². The van der Waals surface area contributed by atoms with Gasteiger partial charge in [0.1, 0.15) is 6.61 Å². The molecular formula is C12H25N3O4. The van der Waals surface area contributed by atoms with Gasteiger partial charge in [0.2, 0.25) is 0 Å². The number of aliphatic hydroxyl groups excluding tert-OH is 2. The summed E-state index contributed by atoms with van der Waals surface area (Å²) in [5.41, 5.74) is 6.53. The number of allylic oxidation sites excluding steroid dienone is 1. The molecule has 0 fully saturated rings. The van der Waals surface area contributed by atoms with E-state index in [-0.39, 0.29) is 26.4 Å². The van der Waals surface area contributed by atoms with Crippen molar-refractivity contribution < 1.29 is 19.7 Å². The summed E-state index contributed by atoms with van der Waals surface area (Å²) in [4.78, 5) is 12.0. The van der Waals surface area contributed by atoms with Crippen LogP contribution in [0.15, 0.2) is 11.1 Å². The third kappa shape index (κ3) is 7.24. The topological polar surface area (TPSA) is 117 Å². The molecule has 6 N–H and O–H groups in total. The summed E-state index contributed by atoms with van der Waals surface area (Å²) in [5.74, 6) is -0.452. The monoisotopic (exact) mass is 275 g/mol. The summed E-state index contributed by atoms with van der Waals surface area (Å²) in [6, 6.07) is 0. The highest BCUT2D eigenvalue weighted by Crippen LogP contribution is 2.10. The molecule has 112 valence electrons. The highest BCUT2D eigenvalue weighted by Gasteiger charge is 2.22. The van der Waals surface area contributed by atoms with Gasteiger partial charge in [-0.05, 0) is 13.8 Å². The van der Waals surface area contributed by atoms with E-state index in [1.165, 1.54) is 0 Å². The van der Waals surface area contributed by atoms with Crippen LogP contribution in [-0.2, 0) is 9.53 Å². The lowest BCUT2D eigenvalue weighted by molar-refractivity contribution is -0.139. The van der Waals surface area contributed by atoms with Gasteiger partial charge >= 0.3 is 5.97 Å². The summed E-state index contributed by atoms with van der Waals surface area (Å²) in [6.45, 7) is 4.56. The zero-order valence-electron chi connectivity index (χ0n) is 11.6. The first kappa shape index (κ1) is 18.0. The predicted octanol–water partition coefficient (Wildman–Crippen LogP) is -1.69. The van der Waals surface area contributed by atoms with Crippen LogP contribution in [0.3, 0.4) is 0 Å². The van der Waals surface area contributed by atoms with Gasteiger partial charge < -0.3 is 20.7 Å². The lowest BCUT2D eigenvalue weighted by Crippen LogP contribution is -2.48. The van der Waals surface area contributed by atoms with E-state index in [0.717, 1.165) is 5.57 Å². The van der Waals surface area contributed by atoms with Gasteiger partial charge in [-0.1, -0.05) is 5.57 Å². The van der Waals surface area contributed by atoms with E-state index in [9.17, 15) is 4.79 Å². The van der Waals surface area contributed by atoms with Gasteiger partial charge in [-0.3, -0.25) is 10.6 Å². The fourth-order valence-electron chi connectivity index (χ4n) is 1.53. The van der Waals surface area contributed by atoms with E-state index in [2.05, 4.69) is 10.6 Å². The molecule has 0 aromatic carbocycles. The number of nitrogens with two attached hydrogens (primary N) is 1. The molecule has 0 aromatic heterocycles. The smallest absolute Gasteiger partial charge is 0.336 e. The molecule has 0 atom stereocenters. The Bertz CT molecular complexity index is 283. The van der Waals surface area contributed by atoms with Crippen molar-refractivity contribution in [2.24, 2.45) is 5.73 Å². The Labute approximate surface area is 113 Å². The Kier molecular flexibility index (Phi) is 10.3. The minimum atomic E-state index is -0.477. The van der Waals surface area contributed by atoms with E-state index < -0.39 is 12.1 Å². The Balaban J connectivity index is 4.84. The molecule has 0 spiro atoms. The quantitative estimate of drug-likeness (QED) is 0.183. The fraction of sp³-hybridized carbons (Fsp3) is 0.750. The molecule has 0 aliphatic heterocycles. The molecule has 0 amide bonds. The standard InChI is InChI=1S/C12H25N3O4/c1-9(2)10(12(18)19-8-3-13)11(14-4-6-16)15-5-7-17/h11,14-17H,3-8,13H2,1-2H3. The largest absolute Gasteiger partial charge is 0.461 e. The van der Waals surface area contributed by atoms with Gasteiger partial charge in [-0.2, -0.15) is 0 Å². The maximum Gasteiger partial charge on any atom is 0.336 e. The SMILES string of the molecule is CC(C)=C(C(=O)OCCN)C(NCCO)NCCO. The Morgan fingerprint density at radius 2 is 1.74 bits per heavy atom. The van der Waals surface area contributed by atoms with Crippen molar-refractivity contribution >= 4 is 5.97 Å². The van der Waals surface area contributed by atoms with Crippen LogP contribution in [0.2, 0.25) is 0 Å². The average Bonchev–Trinajstić information content (AvgIpc) is 2.38. The van der Waals surface area contributed by atoms with E-state index in [1.54, 1.807) is 13.8 Å². The zero-order chi connectivity index (χ0) is 14.7. The molecule has 7 nitrogen and oxygen atoms in total. The summed E-state index contributed by atoms with van der Waals surface area (Å²) in [5, 5.41) is 23.7. The number of ether oxygens (including phenoxy) is 1. The predicted molar refractivity (Wildman–Crippen MR) is 72.4 cm³/mol. The van der Waals surface area contributed by atoms with Gasteiger partial charge in [0.15, 0.2) is 0 Å². The molecule has 0 aromatic rings. The van der Waals surface area contributed by atoms with Crippen molar-refractivity contribution in [1.82, 2.24) is 10.6 Å². The van der Waals surface area contributed by atoms with Crippen LogP contribution >= 0.6 is 0 Å². The second-order valence-electron chi connectivity index (χ2n) is 4.13. The number of carbonyl (C=O) groups is 1. The minimum Gasteiger partial charge on any atom is -0.461 e. The highest BCUT2D eigenvalue weighted by atomic mass is 16.5. The van der Waals surface area contributed by atoms with Crippen LogP contribution in [0.25, 0.3) is 0 Å². The number of rotatable bonds is 10. The average molecular weight is 275 g/mol. The van der Waals surface area contributed by atoms with E-state index in [1.807, 2.05) is 0 Å². The second-order valence-corrected chi connectivity index (χ2v) is 4.13. The molecule has 0 aliphatic carbocycles. The van der Waals surface area contributed by atoms with Crippen LogP contribution < -0.4 is 16.4 Å².